The zero-order chi connectivity index (χ0) is 48.0. The Morgan fingerprint density at radius 3 is 1.41 bits per heavy atom. The molecule has 6 N–H and O–H groups in total. The average molecular weight is 930 g/mol. The third kappa shape index (κ3) is 36.0. The molecule has 9 heteroatoms. The van der Waals surface area contributed by atoms with Gasteiger partial charge in [-0.05, 0) is 70.6 Å². The molecule has 0 spiro atoms. The molecule has 1 rings (SSSR count). The molecular formula is C57H103NO8. The number of hydrogen-bond donors (Lipinski definition) is 6. The molecule has 0 radical (unpaired) electrons. The Labute approximate surface area is 405 Å². The third-order valence-corrected chi connectivity index (χ3v) is 12.8. The molecule has 384 valence electrons. The van der Waals surface area contributed by atoms with Crippen LogP contribution < -0.4 is 5.32 Å². The van der Waals surface area contributed by atoms with Gasteiger partial charge < -0.3 is 40.3 Å². The molecule has 66 heavy (non-hydrogen) atoms. The molecule has 0 saturated carbocycles. The SMILES string of the molecule is CCCC/C=C/CC/C=C/CC/C=C/C(O)C(COC1OC(CO)C(O)C(O)C1O)NC(=O)CCCCCCCCCCCCCCCCC/C=C\C/C=C\CCCCCCCCCCC. The van der Waals surface area contributed by atoms with E-state index < -0.39 is 49.5 Å². The summed E-state index contributed by atoms with van der Waals surface area (Å²) >= 11 is 0. The molecule has 9 nitrogen and oxygen atoms in total. The lowest BCUT2D eigenvalue weighted by atomic mass is 9.99. The van der Waals surface area contributed by atoms with Crippen LogP contribution in [0.25, 0.3) is 0 Å². The molecule has 1 aliphatic rings. The van der Waals surface area contributed by atoms with Gasteiger partial charge in [-0.2, -0.15) is 0 Å². The van der Waals surface area contributed by atoms with Crippen molar-refractivity contribution in [1.29, 1.82) is 0 Å². The van der Waals surface area contributed by atoms with Gasteiger partial charge in [0.1, 0.15) is 24.4 Å². The van der Waals surface area contributed by atoms with E-state index in [1.54, 1.807) is 6.08 Å². The van der Waals surface area contributed by atoms with E-state index in [0.717, 1.165) is 57.8 Å². The van der Waals surface area contributed by atoms with Gasteiger partial charge in [0.2, 0.25) is 5.91 Å². The van der Waals surface area contributed by atoms with Crippen molar-refractivity contribution in [3.8, 4) is 0 Å². The molecule has 1 saturated heterocycles. The van der Waals surface area contributed by atoms with Crippen LogP contribution in [0.5, 0.6) is 0 Å². The highest BCUT2D eigenvalue weighted by atomic mass is 16.7. The smallest absolute Gasteiger partial charge is 0.220 e. The monoisotopic (exact) mass is 930 g/mol. The molecule has 0 bridgehead atoms. The summed E-state index contributed by atoms with van der Waals surface area (Å²) in [6, 6.07) is -0.828. The lowest BCUT2D eigenvalue weighted by Crippen LogP contribution is -2.60. The van der Waals surface area contributed by atoms with Crippen molar-refractivity contribution in [2.75, 3.05) is 13.2 Å². The Morgan fingerprint density at radius 2 is 0.924 bits per heavy atom. The van der Waals surface area contributed by atoms with Crippen molar-refractivity contribution in [1.82, 2.24) is 5.32 Å². The minimum absolute atomic E-state index is 0.193. The summed E-state index contributed by atoms with van der Waals surface area (Å²) in [5.74, 6) is -0.193. The van der Waals surface area contributed by atoms with Gasteiger partial charge in [0.15, 0.2) is 6.29 Å². The number of carbonyl (C=O) groups is 1. The number of carbonyl (C=O) groups excluding carboxylic acids is 1. The summed E-state index contributed by atoms with van der Waals surface area (Å²) in [7, 11) is 0. The van der Waals surface area contributed by atoms with E-state index in [2.05, 4.69) is 67.8 Å². The van der Waals surface area contributed by atoms with Crippen LogP contribution >= 0.6 is 0 Å². The van der Waals surface area contributed by atoms with E-state index in [1.807, 2.05) is 6.08 Å². The highest BCUT2D eigenvalue weighted by Crippen LogP contribution is 2.23. The number of ether oxygens (including phenoxy) is 2. The van der Waals surface area contributed by atoms with E-state index in [-0.39, 0.29) is 12.5 Å². The fraction of sp³-hybridized carbons (Fsp3) is 0.807. The van der Waals surface area contributed by atoms with E-state index in [0.29, 0.717) is 6.42 Å². The number of aliphatic hydroxyl groups is 5. The maximum absolute atomic E-state index is 13.0. The van der Waals surface area contributed by atoms with Crippen LogP contribution in [0.15, 0.2) is 60.8 Å². The van der Waals surface area contributed by atoms with Crippen molar-refractivity contribution < 1.29 is 39.8 Å². The van der Waals surface area contributed by atoms with Crippen molar-refractivity contribution in [3.05, 3.63) is 60.8 Å². The Kier molecular flexibility index (Phi) is 43.7. The molecule has 1 aliphatic heterocycles. The second kappa shape index (κ2) is 46.6. The molecule has 0 aliphatic carbocycles. The van der Waals surface area contributed by atoms with Crippen LogP contribution in [-0.2, 0) is 14.3 Å². The first-order valence-electron chi connectivity index (χ1n) is 27.5. The van der Waals surface area contributed by atoms with Gasteiger partial charge in [0.25, 0.3) is 0 Å². The highest BCUT2D eigenvalue weighted by Gasteiger charge is 2.44. The van der Waals surface area contributed by atoms with Crippen LogP contribution in [0.3, 0.4) is 0 Å². The van der Waals surface area contributed by atoms with Crippen LogP contribution in [0.4, 0.5) is 0 Å². The molecule has 1 amide bonds. The molecule has 0 aromatic heterocycles. The summed E-state index contributed by atoms with van der Waals surface area (Å²) < 4.78 is 11.2. The number of allylic oxidation sites excluding steroid dienone is 9. The maximum Gasteiger partial charge on any atom is 0.220 e. The van der Waals surface area contributed by atoms with E-state index in [4.69, 9.17) is 9.47 Å². The Hall–Kier alpha value is -2.11. The quantitative estimate of drug-likeness (QED) is 0.0261. The first kappa shape index (κ1) is 61.9. The number of aliphatic hydroxyl groups excluding tert-OH is 5. The van der Waals surface area contributed by atoms with Crippen molar-refractivity contribution in [2.24, 2.45) is 0 Å². The zero-order valence-corrected chi connectivity index (χ0v) is 42.4. The summed E-state index contributed by atoms with van der Waals surface area (Å²) in [4.78, 5) is 13.0. The molecule has 1 fully saturated rings. The third-order valence-electron chi connectivity index (χ3n) is 12.8. The predicted octanol–water partition coefficient (Wildman–Crippen LogP) is 13.1. The fourth-order valence-electron chi connectivity index (χ4n) is 8.38. The summed E-state index contributed by atoms with van der Waals surface area (Å²) in [6.45, 7) is 3.70. The normalized spacial score (nSPS) is 20.3. The number of unbranched alkanes of at least 4 members (excludes halogenated alkanes) is 28. The number of hydrogen-bond acceptors (Lipinski definition) is 8. The minimum atomic E-state index is -1.57. The van der Waals surface area contributed by atoms with Crippen molar-refractivity contribution in [3.63, 3.8) is 0 Å². The number of nitrogens with one attached hydrogen (secondary N) is 1. The van der Waals surface area contributed by atoms with Gasteiger partial charge >= 0.3 is 0 Å². The summed E-state index contributed by atoms with van der Waals surface area (Å²) in [6.07, 6.45) is 55.9. The van der Waals surface area contributed by atoms with Crippen molar-refractivity contribution >= 4 is 5.91 Å². The van der Waals surface area contributed by atoms with E-state index >= 15 is 0 Å². The first-order valence-corrected chi connectivity index (χ1v) is 27.5. The lowest BCUT2D eigenvalue weighted by molar-refractivity contribution is -0.302. The van der Waals surface area contributed by atoms with Gasteiger partial charge in [0.05, 0.1) is 25.4 Å². The Morgan fingerprint density at radius 1 is 0.515 bits per heavy atom. The first-order chi connectivity index (χ1) is 32.3. The maximum atomic E-state index is 13.0. The van der Waals surface area contributed by atoms with Crippen LogP contribution in [-0.4, -0.2) is 87.5 Å². The Bertz CT molecular complexity index is 1220. The van der Waals surface area contributed by atoms with Crippen LogP contribution in [0.2, 0.25) is 0 Å². The fourth-order valence-corrected chi connectivity index (χ4v) is 8.38. The second-order valence-electron chi connectivity index (χ2n) is 19.0. The number of rotatable bonds is 46. The molecule has 1 heterocycles. The highest BCUT2D eigenvalue weighted by molar-refractivity contribution is 5.76. The van der Waals surface area contributed by atoms with Gasteiger partial charge in [-0.15, -0.1) is 0 Å². The topological polar surface area (TPSA) is 149 Å². The van der Waals surface area contributed by atoms with Crippen LogP contribution in [0, 0.1) is 0 Å². The van der Waals surface area contributed by atoms with Crippen LogP contribution in [0.1, 0.15) is 239 Å². The average Bonchev–Trinajstić information content (AvgIpc) is 3.32. The predicted molar refractivity (Wildman–Crippen MR) is 276 cm³/mol. The van der Waals surface area contributed by atoms with Crippen molar-refractivity contribution in [2.45, 2.75) is 281 Å². The molecule has 7 unspecified atom stereocenters. The van der Waals surface area contributed by atoms with E-state index in [1.165, 1.54) is 161 Å². The van der Waals surface area contributed by atoms with Gasteiger partial charge in [0, 0.05) is 6.42 Å². The molecule has 0 aromatic carbocycles. The summed E-state index contributed by atoms with van der Waals surface area (Å²) in [5.41, 5.74) is 0. The molecular weight excluding hydrogens is 827 g/mol. The second-order valence-corrected chi connectivity index (χ2v) is 19.0. The number of amides is 1. The molecule has 0 aromatic rings. The summed E-state index contributed by atoms with van der Waals surface area (Å²) in [5, 5.41) is 54.2. The Balaban J connectivity index is 2.15. The zero-order valence-electron chi connectivity index (χ0n) is 42.4. The lowest BCUT2D eigenvalue weighted by Gasteiger charge is -2.40. The van der Waals surface area contributed by atoms with Gasteiger partial charge in [-0.25, -0.2) is 0 Å². The van der Waals surface area contributed by atoms with Gasteiger partial charge in [-0.3, -0.25) is 4.79 Å². The standard InChI is InChI=1S/C57H103NO8/c1-3-5-7-9-11-13-15-17-18-19-20-21-22-23-24-25-26-27-28-29-30-31-32-33-34-35-37-39-41-43-45-47-53(61)58-50(49-65-57-56(64)55(63)54(62)52(48-59)66-57)51(60)46-44-42-40-38-36-16-14-12-10-8-6-4-2/h10,12,20-21,23-24,36,38,44,46,50-52,54-57,59-60,62-64H,3-9,11,13-19,22,25-35,37,39-43,45,47-49H2,1-2H3,(H,58,61)/b12-10+,21-20-,24-23-,38-36+,46-44+. The van der Waals surface area contributed by atoms with Gasteiger partial charge in [-0.1, -0.05) is 222 Å². The van der Waals surface area contributed by atoms with E-state index in [9.17, 15) is 30.3 Å². The largest absolute Gasteiger partial charge is 0.394 e. The minimum Gasteiger partial charge on any atom is -0.394 e. The molecule has 7 atom stereocenters.